The van der Waals surface area contributed by atoms with E-state index in [0.717, 1.165) is 12.3 Å². The van der Waals surface area contributed by atoms with Gasteiger partial charge in [-0.15, -0.1) is 0 Å². The van der Waals surface area contributed by atoms with Crippen molar-refractivity contribution in [2.24, 2.45) is 0 Å². The van der Waals surface area contributed by atoms with Crippen molar-refractivity contribution in [2.45, 2.75) is 39.2 Å². The first-order valence-electron chi connectivity index (χ1n) is 5.86. The van der Waals surface area contributed by atoms with Gasteiger partial charge in [0, 0.05) is 12.6 Å². The fourth-order valence-electron chi connectivity index (χ4n) is 2.11. The van der Waals surface area contributed by atoms with Crippen LogP contribution in [0.2, 0.25) is 0 Å². The topological polar surface area (TPSA) is 31.2 Å². The van der Waals surface area contributed by atoms with E-state index in [9.17, 15) is 0 Å². The van der Waals surface area contributed by atoms with Crippen LogP contribution in [0.3, 0.4) is 0 Å². The largest absolute Gasteiger partial charge is 0.496 e. The Morgan fingerprint density at radius 3 is 2.38 bits per heavy atom. The van der Waals surface area contributed by atoms with Crippen molar-refractivity contribution in [2.75, 3.05) is 13.7 Å². The van der Waals surface area contributed by atoms with Crippen LogP contribution in [0.1, 0.15) is 43.5 Å². The molecule has 2 rings (SSSR count). The van der Waals surface area contributed by atoms with Gasteiger partial charge in [0.1, 0.15) is 5.75 Å². The monoisotopic (exact) mass is 219 g/mol. The van der Waals surface area contributed by atoms with Crippen molar-refractivity contribution in [1.29, 1.82) is 0 Å². The van der Waals surface area contributed by atoms with Crippen LogP contribution in [0.15, 0.2) is 12.1 Å². The molecule has 0 radical (unpaired) electrons. The Bertz CT molecular complexity index is 400. The summed E-state index contributed by atoms with van der Waals surface area (Å²) in [5.41, 5.74) is 4.16. The van der Waals surface area contributed by atoms with E-state index in [1.807, 2.05) is 0 Å². The summed E-state index contributed by atoms with van der Waals surface area (Å²) in [5, 5.41) is 3.37. The van der Waals surface area contributed by atoms with E-state index >= 15 is 0 Å². The Morgan fingerprint density at radius 1 is 1.31 bits per heavy atom. The predicted octanol–water partition coefficient (Wildman–Crippen LogP) is 2.95. The summed E-state index contributed by atoms with van der Waals surface area (Å²) in [4.78, 5) is 0. The fraction of sp³-hybridized carbons (Fsp3) is 0.571. The number of rotatable bonds is 2. The molecule has 88 valence electrons. The molecule has 0 aliphatic carbocycles. The first-order valence-corrected chi connectivity index (χ1v) is 5.86. The fourth-order valence-corrected chi connectivity index (χ4v) is 2.11. The second-order valence-electron chi connectivity index (χ2n) is 5.62. The first kappa shape index (κ1) is 11.5. The van der Waals surface area contributed by atoms with E-state index < -0.39 is 0 Å². The van der Waals surface area contributed by atoms with Gasteiger partial charge in [-0.3, -0.25) is 0 Å². The van der Waals surface area contributed by atoms with Gasteiger partial charge in [0.05, 0.1) is 7.11 Å². The van der Waals surface area contributed by atoms with Crippen LogP contribution in [-0.4, -0.2) is 13.7 Å². The van der Waals surface area contributed by atoms with Crippen molar-refractivity contribution < 1.29 is 4.74 Å². The summed E-state index contributed by atoms with van der Waals surface area (Å²) in [5.74, 6) is 1.01. The van der Waals surface area contributed by atoms with E-state index in [4.69, 9.17) is 4.74 Å². The molecule has 1 saturated heterocycles. The molecule has 16 heavy (non-hydrogen) atoms. The number of aryl methyl sites for hydroxylation is 1. The Morgan fingerprint density at radius 2 is 1.94 bits per heavy atom. The summed E-state index contributed by atoms with van der Waals surface area (Å²) in [6, 6.07) is 5.03. The second-order valence-corrected chi connectivity index (χ2v) is 5.62. The van der Waals surface area contributed by atoms with Crippen LogP contribution in [0.5, 0.6) is 5.75 Å². The average Bonchev–Trinajstić information content (AvgIpc) is 2.98. The lowest BCUT2D eigenvalue weighted by Crippen LogP contribution is -2.14. The van der Waals surface area contributed by atoms with Crippen LogP contribution in [0.25, 0.3) is 0 Å². The number of hydrogen-bond donors (Lipinski definition) is 1. The van der Waals surface area contributed by atoms with E-state index in [1.54, 1.807) is 7.11 Å². The molecule has 1 atom stereocenters. The lowest BCUT2D eigenvalue weighted by Gasteiger charge is -2.24. The summed E-state index contributed by atoms with van der Waals surface area (Å²) in [6.07, 6.45) is 0. The zero-order valence-corrected chi connectivity index (χ0v) is 10.8. The van der Waals surface area contributed by atoms with Crippen LogP contribution >= 0.6 is 0 Å². The number of hydrogen-bond acceptors (Lipinski definition) is 2. The molecule has 0 bridgehead atoms. The molecule has 2 heteroatoms. The van der Waals surface area contributed by atoms with Crippen molar-refractivity contribution in [3.8, 4) is 5.75 Å². The van der Waals surface area contributed by atoms with Gasteiger partial charge in [-0.1, -0.05) is 20.8 Å². The number of nitrogens with one attached hydrogen (secondary N) is 1. The molecule has 1 heterocycles. The number of ether oxygens (including phenoxy) is 1. The summed E-state index contributed by atoms with van der Waals surface area (Å²) in [7, 11) is 1.75. The maximum Gasteiger partial charge on any atom is 0.122 e. The van der Waals surface area contributed by atoms with E-state index in [-0.39, 0.29) is 5.41 Å². The predicted molar refractivity (Wildman–Crippen MR) is 67.2 cm³/mol. The van der Waals surface area contributed by atoms with Crippen molar-refractivity contribution in [3.05, 3.63) is 28.8 Å². The zero-order valence-electron chi connectivity index (χ0n) is 10.8. The van der Waals surface area contributed by atoms with Gasteiger partial charge in [-0.25, -0.2) is 0 Å². The van der Waals surface area contributed by atoms with Crippen molar-refractivity contribution >= 4 is 0 Å². The maximum atomic E-state index is 5.49. The highest BCUT2D eigenvalue weighted by atomic mass is 16.5. The minimum Gasteiger partial charge on any atom is -0.496 e. The maximum absolute atomic E-state index is 5.49. The Labute approximate surface area is 98.0 Å². The number of methoxy groups -OCH3 is 1. The van der Waals surface area contributed by atoms with Crippen molar-refractivity contribution in [3.63, 3.8) is 0 Å². The lowest BCUT2D eigenvalue weighted by molar-refractivity contribution is 0.397. The smallest absolute Gasteiger partial charge is 0.122 e. The van der Waals surface area contributed by atoms with E-state index in [2.05, 4.69) is 45.1 Å². The Balaban J connectivity index is 2.52. The zero-order chi connectivity index (χ0) is 11.9. The summed E-state index contributed by atoms with van der Waals surface area (Å²) >= 11 is 0. The third kappa shape index (κ3) is 2.07. The van der Waals surface area contributed by atoms with Crippen LogP contribution in [-0.2, 0) is 5.41 Å². The first-order chi connectivity index (χ1) is 7.43. The molecule has 0 spiro atoms. The molecule has 0 aromatic heterocycles. The van der Waals surface area contributed by atoms with Gasteiger partial charge in [0.15, 0.2) is 0 Å². The molecule has 1 N–H and O–H groups in total. The van der Waals surface area contributed by atoms with Crippen LogP contribution in [0.4, 0.5) is 0 Å². The highest BCUT2D eigenvalue weighted by Gasteiger charge is 2.27. The summed E-state index contributed by atoms with van der Waals surface area (Å²) in [6.45, 7) is 9.94. The van der Waals surface area contributed by atoms with Crippen LogP contribution in [0, 0.1) is 6.92 Å². The molecule has 1 unspecified atom stereocenters. The molecule has 2 nitrogen and oxygen atoms in total. The highest BCUT2D eigenvalue weighted by molar-refractivity contribution is 5.47. The van der Waals surface area contributed by atoms with Gasteiger partial charge in [-0.2, -0.15) is 0 Å². The van der Waals surface area contributed by atoms with Crippen LogP contribution < -0.4 is 10.1 Å². The highest BCUT2D eigenvalue weighted by Crippen LogP contribution is 2.36. The van der Waals surface area contributed by atoms with E-state index in [0.29, 0.717) is 6.04 Å². The lowest BCUT2D eigenvalue weighted by atomic mass is 9.84. The number of benzene rings is 1. The van der Waals surface area contributed by atoms with Gasteiger partial charge in [-0.05, 0) is 41.2 Å². The van der Waals surface area contributed by atoms with Gasteiger partial charge in [0.2, 0.25) is 0 Å². The molecule has 1 aromatic rings. The second kappa shape index (κ2) is 3.77. The standard InChI is InChI=1S/C14H21NO/c1-9-6-13(16-5)11(14(2,3)4)7-10(9)12-8-15-12/h6-7,12,15H,8H2,1-5H3. The molecular formula is C14H21NO. The molecule has 1 aliphatic rings. The Kier molecular flexibility index (Phi) is 2.70. The van der Waals surface area contributed by atoms with Gasteiger partial charge < -0.3 is 10.1 Å². The molecule has 1 aromatic carbocycles. The third-order valence-electron chi connectivity index (χ3n) is 3.18. The quantitative estimate of drug-likeness (QED) is 0.775. The molecule has 0 amide bonds. The molecular weight excluding hydrogens is 198 g/mol. The molecule has 1 aliphatic heterocycles. The normalized spacial score (nSPS) is 19.7. The minimum atomic E-state index is 0.128. The van der Waals surface area contributed by atoms with Crippen molar-refractivity contribution in [1.82, 2.24) is 5.32 Å². The van der Waals surface area contributed by atoms with Gasteiger partial charge in [0.25, 0.3) is 0 Å². The molecule has 1 fully saturated rings. The summed E-state index contributed by atoms with van der Waals surface area (Å²) < 4.78 is 5.49. The molecule has 0 saturated carbocycles. The third-order valence-corrected chi connectivity index (χ3v) is 3.18. The minimum absolute atomic E-state index is 0.128. The Hall–Kier alpha value is -1.02. The SMILES string of the molecule is COc1cc(C)c(C2CN2)cc1C(C)(C)C. The van der Waals surface area contributed by atoms with Gasteiger partial charge >= 0.3 is 0 Å². The average molecular weight is 219 g/mol. The van der Waals surface area contributed by atoms with E-state index in [1.165, 1.54) is 16.7 Å².